The zero-order chi connectivity index (χ0) is 22.6. The molecule has 4 unspecified atom stereocenters. The van der Waals surface area contributed by atoms with E-state index >= 15 is 0 Å². The first-order valence-corrected chi connectivity index (χ1v) is 12.7. The molecule has 0 aromatic heterocycles. The largest absolute Gasteiger partial charge is 0.481 e. The first-order valence-electron chi connectivity index (χ1n) is 12.7. The van der Waals surface area contributed by atoms with Gasteiger partial charge in [-0.25, -0.2) is 0 Å². The van der Waals surface area contributed by atoms with Crippen LogP contribution < -0.4 is 0 Å². The molecule has 4 rings (SSSR count). The Hall–Kier alpha value is -1.38. The molecule has 4 aliphatic rings. The highest BCUT2D eigenvalue weighted by molar-refractivity contribution is 5.99. The summed E-state index contributed by atoms with van der Waals surface area (Å²) in [5.74, 6) is 0.340. The lowest BCUT2D eigenvalue weighted by Gasteiger charge is -2.61. The van der Waals surface area contributed by atoms with Gasteiger partial charge in [0.15, 0.2) is 0 Å². The summed E-state index contributed by atoms with van der Waals surface area (Å²) in [5.41, 5.74) is 5.14. The van der Waals surface area contributed by atoms with E-state index in [9.17, 15) is 14.7 Å². The number of aliphatic carboxylic acids is 1. The zero-order valence-corrected chi connectivity index (χ0v) is 20.3. The summed E-state index contributed by atoms with van der Waals surface area (Å²) in [6.07, 6.45) is 13.1. The summed E-state index contributed by atoms with van der Waals surface area (Å²) in [6, 6.07) is 0. The summed E-state index contributed by atoms with van der Waals surface area (Å²) in [7, 11) is 0. The molecule has 4 saturated carbocycles. The van der Waals surface area contributed by atoms with Gasteiger partial charge in [-0.05, 0) is 113 Å². The van der Waals surface area contributed by atoms with Crippen LogP contribution in [0.15, 0.2) is 22.8 Å². The quantitative estimate of drug-likeness (QED) is 0.390. The number of hydrogen-bond donors (Lipinski definition) is 1. The summed E-state index contributed by atoms with van der Waals surface area (Å²) in [6.45, 7) is 11.6. The van der Waals surface area contributed by atoms with Crippen LogP contribution in [0.4, 0.5) is 0 Å². The van der Waals surface area contributed by atoms with Gasteiger partial charge in [-0.2, -0.15) is 0 Å². The number of ketones is 1. The van der Waals surface area contributed by atoms with E-state index in [1.54, 1.807) is 11.1 Å². The third kappa shape index (κ3) is 3.64. The van der Waals surface area contributed by atoms with Gasteiger partial charge in [0.05, 0.1) is 0 Å². The first-order chi connectivity index (χ1) is 14.6. The van der Waals surface area contributed by atoms with Gasteiger partial charge >= 0.3 is 5.97 Å². The lowest BCUT2D eigenvalue weighted by molar-refractivity contribution is -0.168. The molecular weight excluding hydrogens is 384 g/mol. The second-order valence-electron chi connectivity index (χ2n) is 11.9. The van der Waals surface area contributed by atoms with Crippen LogP contribution >= 0.6 is 0 Å². The van der Waals surface area contributed by atoms with Crippen LogP contribution in [0.3, 0.4) is 0 Å². The number of hydrogen-bond acceptors (Lipinski definition) is 2. The smallest absolute Gasteiger partial charge is 0.314 e. The highest BCUT2D eigenvalue weighted by Crippen LogP contribution is 2.68. The average Bonchev–Trinajstić information content (AvgIpc) is 3.05. The number of allylic oxidation sites excluding steroid dienone is 4. The zero-order valence-electron chi connectivity index (χ0n) is 20.3. The maximum atomic E-state index is 12.5. The number of fused-ring (bicyclic) bond motifs is 5. The second-order valence-corrected chi connectivity index (χ2v) is 11.9. The van der Waals surface area contributed by atoms with Crippen molar-refractivity contribution in [2.24, 2.45) is 40.4 Å². The van der Waals surface area contributed by atoms with E-state index in [4.69, 9.17) is 0 Å². The van der Waals surface area contributed by atoms with Crippen molar-refractivity contribution in [3.05, 3.63) is 22.8 Å². The monoisotopic (exact) mass is 426 g/mol. The molecule has 0 bridgehead atoms. The Balaban J connectivity index is 1.59. The standard InChI is InChI=1S/C28H42O3/c1-17(2)7-6-8-18(3)19-13-15-27(4)20(19)9-10-22-21(27)11-12-23-25(26(30)31)24(29)14-16-28(22,23)5/h7,20-23,25H,6,8-16H2,1-5H3,(H,30,31)/b19-18-/t20?,21?,22-,23?,25-,27?,28-/m1/s1. The molecule has 3 heteroatoms. The molecule has 0 spiro atoms. The number of rotatable bonds is 4. The number of carbonyl (C=O) groups excluding carboxylic acids is 1. The van der Waals surface area contributed by atoms with Crippen LogP contribution in [0.5, 0.6) is 0 Å². The predicted molar refractivity (Wildman–Crippen MR) is 125 cm³/mol. The van der Waals surface area contributed by atoms with E-state index in [2.05, 4.69) is 40.7 Å². The maximum Gasteiger partial charge on any atom is 0.314 e. The molecule has 4 fully saturated rings. The Kier molecular flexibility index (Phi) is 6.03. The van der Waals surface area contributed by atoms with Crippen molar-refractivity contribution in [1.82, 2.24) is 0 Å². The van der Waals surface area contributed by atoms with Gasteiger partial charge in [0.1, 0.15) is 11.7 Å². The van der Waals surface area contributed by atoms with Crippen molar-refractivity contribution >= 4 is 11.8 Å². The number of carbonyl (C=O) groups is 2. The van der Waals surface area contributed by atoms with Crippen molar-refractivity contribution in [2.45, 2.75) is 98.8 Å². The fourth-order valence-corrected chi connectivity index (χ4v) is 8.64. The van der Waals surface area contributed by atoms with Crippen LogP contribution in [-0.4, -0.2) is 16.9 Å². The molecule has 7 atom stereocenters. The van der Waals surface area contributed by atoms with Crippen molar-refractivity contribution in [1.29, 1.82) is 0 Å². The van der Waals surface area contributed by atoms with Gasteiger partial charge in [0.2, 0.25) is 0 Å². The van der Waals surface area contributed by atoms with Crippen LogP contribution in [-0.2, 0) is 9.59 Å². The van der Waals surface area contributed by atoms with Crippen molar-refractivity contribution in [3.63, 3.8) is 0 Å². The topological polar surface area (TPSA) is 54.4 Å². The SMILES string of the molecule is CC(C)=CCC/C(C)=C1/CCC2(C)C1CC[C@@H]1C2CCC2[C@@H](C(=O)O)C(=O)CC[C@@]21C. The molecule has 4 aliphatic carbocycles. The molecule has 0 saturated heterocycles. The minimum absolute atomic E-state index is 0.0127. The van der Waals surface area contributed by atoms with Gasteiger partial charge in [0.25, 0.3) is 0 Å². The van der Waals surface area contributed by atoms with E-state index in [1.807, 2.05) is 0 Å². The summed E-state index contributed by atoms with van der Waals surface area (Å²) in [5, 5.41) is 9.83. The van der Waals surface area contributed by atoms with E-state index in [1.165, 1.54) is 37.7 Å². The molecule has 0 radical (unpaired) electrons. The molecule has 1 N–H and O–H groups in total. The first kappa shape index (κ1) is 22.8. The second kappa shape index (κ2) is 8.19. The number of Topliss-reactive ketones (excluding diaryl/α,β-unsaturated/α-hetero) is 1. The van der Waals surface area contributed by atoms with Gasteiger partial charge in [-0.3, -0.25) is 9.59 Å². The normalized spacial score (nSPS) is 43.5. The van der Waals surface area contributed by atoms with Crippen molar-refractivity contribution in [2.75, 3.05) is 0 Å². The van der Waals surface area contributed by atoms with Gasteiger partial charge in [-0.15, -0.1) is 0 Å². The van der Waals surface area contributed by atoms with Crippen LogP contribution in [0, 0.1) is 40.4 Å². The Morgan fingerprint density at radius 1 is 0.968 bits per heavy atom. The third-order valence-electron chi connectivity index (χ3n) is 10.3. The Labute approximate surface area is 188 Å². The number of carboxylic acid groups (broad SMARTS) is 1. The summed E-state index contributed by atoms with van der Waals surface area (Å²) < 4.78 is 0. The van der Waals surface area contributed by atoms with E-state index in [-0.39, 0.29) is 17.1 Å². The minimum Gasteiger partial charge on any atom is -0.481 e. The molecule has 0 aromatic rings. The van der Waals surface area contributed by atoms with E-state index in [0.717, 1.165) is 25.7 Å². The molecule has 0 amide bonds. The van der Waals surface area contributed by atoms with Gasteiger partial charge in [0, 0.05) is 6.42 Å². The van der Waals surface area contributed by atoms with Gasteiger partial charge < -0.3 is 5.11 Å². The highest BCUT2D eigenvalue weighted by Gasteiger charge is 2.62. The van der Waals surface area contributed by atoms with Crippen LogP contribution in [0.1, 0.15) is 98.8 Å². The summed E-state index contributed by atoms with van der Waals surface area (Å²) in [4.78, 5) is 24.5. The van der Waals surface area contributed by atoms with E-state index < -0.39 is 11.9 Å². The molecule has 172 valence electrons. The lowest BCUT2D eigenvalue weighted by atomic mass is 9.42. The Morgan fingerprint density at radius 3 is 2.26 bits per heavy atom. The molecule has 3 nitrogen and oxygen atoms in total. The molecule has 0 aliphatic heterocycles. The Morgan fingerprint density at radius 2 is 1.58 bits per heavy atom. The molecule has 0 heterocycles. The fraction of sp³-hybridized carbons (Fsp3) is 0.786. The fourth-order valence-electron chi connectivity index (χ4n) is 8.64. The lowest BCUT2D eigenvalue weighted by Crippen LogP contribution is -2.57. The predicted octanol–water partition coefficient (Wildman–Crippen LogP) is 6.97. The molecule has 31 heavy (non-hydrogen) atoms. The van der Waals surface area contributed by atoms with Crippen LogP contribution in [0.25, 0.3) is 0 Å². The van der Waals surface area contributed by atoms with Gasteiger partial charge in [-0.1, -0.05) is 36.6 Å². The van der Waals surface area contributed by atoms with E-state index in [0.29, 0.717) is 29.6 Å². The van der Waals surface area contributed by atoms with Crippen LogP contribution in [0.2, 0.25) is 0 Å². The Bertz CT molecular complexity index is 816. The minimum atomic E-state index is -0.877. The average molecular weight is 427 g/mol. The third-order valence-corrected chi connectivity index (χ3v) is 10.3. The highest BCUT2D eigenvalue weighted by atomic mass is 16.4. The van der Waals surface area contributed by atoms with Crippen molar-refractivity contribution < 1.29 is 14.7 Å². The number of carboxylic acids is 1. The van der Waals surface area contributed by atoms with Crippen molar-refractivity contribution in [3.8, 4) is 0 Å². The summed E-state index contributed by atoms with van der Waals surface area (Å²) >= 11 is 0. The maximum absolute atomic E-state index is 12.5. The molecular formula is C28H42O3. The molecule has 0 aromatic carbocycles.